The van der Waals surface area contributed by atoms with Gasteiger partial charge in [-0.05, 0) is 38.0 Å². The molecule has 0 aromatic carbocycles. The Hall–Kier alpha value is -1.10. The van der Waals surface area contributed by atoms with Gasteiger partial charge in [-0.15, -0.1) is 0 Å². The number of rotatable bonds is 19. The second kappa shape index (κ2) is 19.2. The van der Waals surface area contributed by atoms with Gasteiger partial charge in [0.25, 0.3) is 0 Å². The number of hydrogen-bond donors (Lipinski definition) is 2. The number of carbonyl (C=O) groups is 2. The molecule has 1 atom stereocenters. The number of carbonyl (C=O) groups excluding carboxylic acids is 2. The maximum absolute atomic E-state index is 11.8. The second-order valence-corrected chi connectivity index (χ2v) is 8.38. The standard InChI is InChI=1S/C23H46N2O3/c1-4-5-6-7-8-9-10-11-12-16-22(26)25-18-14-13-15-21(24)23(27)28-19-17-20(2)3/h20-21H,4-19,24H2,1-3H3,(H,25,26)/t21-/m0/s1. The van der Waals surface area contributed by atoms with Gasteiger partial charge in [0.2, 0.25) is 5.91 Å². The molecule has 0 radical (unpaired) electrons. The maximum atomic E-state index is 11.8. The third-order valence-electron chi connectivity index (χ3n) is 5.01. The molecule has 1 amide bonds. The Bertz CT molecular complexity index is 386. The van der Waals surface area contributed by atoms with E-state index < -0.39 is 6.04 Å². The molecule has 0 aliphatic carbocycles. The van der Waals surface area contributed by atoms with Crippen molar-refractivity contribution in [3.8, 4) is 0 Å². The Morgan fingerprint density at radius 2 is 1.46 bits per heavy atom. The minimum atomic E-state index is -0.551. The van der Waals surface area contributed by atoms with Crippen LogP contribution in [0.2, 0.25) is 0 Å². The molecule has 28 heavy (non-hydrogen) atoms. The molecule has 3 N–H and O–H groups in total. The van der Waals surface area contributed by atoms with Gasteiger partial charge in [0.05, 0.1) is 6.61 Å². The van der Waals surface area contributed by atoms with Crippen LogP contribution in [0.15, 0.2) is 0 Å². The summed E-state index contributed by atoms with van der Waals surface area (Å²) in [5.41, 5.74) is 5.85. The van der Waals surface area contributed by atoms with Crippen LogP contribution in [0, 0.1) is 5.92 Å². The van der Waals surface area contributed by atoms with Crippen LogP contribution in [-0.4, -0.2) is 31.1 Å². The molecule has 5 nitrogen and oxygen atoms in total. The average Bonchev–Trinajstić information content (AvgIpc) is 2.65. The first-order valence-corrected chi connectivity index (χ1v) is 11.7. The van der Waals surface area contributed by atoms with Crippen LogP contribution < -0.4 is 11.1 Å². The normalized spacial score (nSPS) is 12.2. The van der Waals surface area contributed by atoms with E-state index in [1.807, 2.05) is 0 Å². The summed E-state index contributed by atoms with van der Waals surface area (Å²) in [6.07, 6.45) is 15.1. The minimum absolute atomic E-state index is 0.139. The maximum Gasteiger partial charge on any atom is 0.322 e. The van der Waals surface area contributed by atoms with Crippen molar-refractivity contribution < 1.29 is 14.3 Å². The lowest BCUT2D eigenvalue weighted by atomic mass is 10.1. The third kappa shape index (κ3) is 18.3. The minimum Gasteiger partial charge on any atom is -0.465 e. The van der Waals surface area contributed by atoms with E-state index in [1.54, 1.807) is 0 Å². The molecule has 0 saturated heterocycles. The predicted molar refractivity (Wildman–Crippen MR) is 117 cm³/mol. The average molecular weight is 399 g/mol. The summed E-state index contributed by atoms with van der Waals surface area (Å²) in [7, 11) is 0. The smallest absolute Gasteiger partial charge is 0.322 e. The molecule has 0 aromatic heterocycles. The Morgan fingerprint density at radius 3 is 2.07 bits per heavy atom. The molecule has 0 bridgehead atoms. The van der Waals surface area contributed by atoms with E-state index in [4.69, 9.17) is 10.5 Å². The molecule has 0 fully saturated rings. The molecule has 0 aliphatic rings. The van der Waals surface area contributed by atoms with Crippen molar-refractivity contribution in [2.75, 3.05) is 13.2 Å². The highest BCUT2D eigenvalue weighted by Gasteiger charge is 2.14. The fraction of sp³-hybridized carbons (Fsp3) is 0.913. The Kier molecular flexibility index (Phi) is 18.5. The Morgan fingerprint density at radius 1 is 0.857 bits per heavy atom. The topological polar surface area (TPSA) is 81.4 Å². The lowest BCUT2D eigenvalue weighted by Crippen LogP contribution is -2.33. The number of nitrogens with two attached hydrogens (primary N) is 1. The number of esters is 1. The summed E-state index contributed by atoms with van der Waals surface area (Å²) in [6, 6.07) is -0.551. The fourth-order valence-corrected chi connectivity index (χ4v) is 3.02. The van der Waals surface area contributed by atoms with Gasteiger partial charge in [0.1, 0.15) is 6.04 Å². The first-order chi connectivity index (χ1) is 13.5. The number of amides is 1. The predicted octanol–water partition coefficient (Wildman–Crippen LogP) is 5.11. The third-order valence-corrected chi connectivity index (χ3v) is 5.01. The van der Waals surface area contributed by atoms with Crippen LogP contribution in [0.3, 0.4) is 0 Å². The molecular formula is C23H46N2O3. The Labute approximate surface area is 173 Å². The van der Waals surface area contributed by atoms with Crippen LogP contribution in [0.1, 0.15) is 111 Å². The molecule has 0 spiro atoms. The Balaban J connectivity index is 3.43. The largest absolute Gasteiger partial charge is 0.465 e. The van der Waals surface area contributed by atoms with Gasteiger partial charge in [0, 0.05) is 13.0 Å². The monoisotopic (exact) mass is 398 g/mol. The van der Waals surface area contributed by atoms with E-state index in [-0.39, 0.29) is 11.9 Å². The summed E-state index contributed by atoms with van der Waals surface area (Å²) >= 11 is 0. The highest BCUT2D eigenvalue weighted by Crippen LogP contribution is 2.10. The lowest BCUT2D eigenvalue weighted by molar-refractivity contribution is -0.145. The first kappa shape index (κ1) is 26.9. The molecule has 0 heterocycles. The highest BCUT2D eigenvalue weighted by molar-refractivity contribution is 5.76. The van der Waals surface area contributed by atoms with Crippen LogP contribution in [0.5, 0.6) is 0 Å². The molecule has 5 heteroatoms. The van der Waals surface area contributed by atoms with Gasteiger partial charge < -0.3 is 15.8 Å². The van der Waals surface area contributed by atoms with Crippen LogP contribution in [0.4, 0.5) is 0 Å². The number of ether oxygens (including phenoxy) is 1. The summed E-state index contributed by atoms with van der Waals surface area (Å²) in [5, 5.41) is 2.96. The van der Waals surface area contributed by atoms with E-state index in [0.717, 1.165) is 32.1 Å². The zero-order chi connectivity index (χ0) is 21.0. The molecule has 0 saturated carbocycles. The van der Waals surface area contributed by atoms with E-state index in [0.29, 0.717) is 31.9 Å². The van der Waals surface area contributed by atoms with Crippen molar-refractivity contribution in [2.24, 2.45) is 11.7 Å². The van der Waals surface area contributed by atoms with E-state index >= 15 is 0 Å². The molecule has 0 aliphatic heterocycles. The number of hydrogen-bond acceptors (Lipinski definition) is 4. The number of nitrogens with one attached hydrogen (secondary N) is 1. The van der Waals surface area contributed by atoms with Crippen molar-refractivity contribution in [2.45, 2.75) is 117 Å². The summed E-state index contributed by atoms with van der Waals surface area (Å²) in [5.74, 6) is 0.346. The zero-order valence-corrected chi connectivity index (χ0v) is 18.8. The second-order valence-electron chi connectivity index (χ2n) is 8.38. The van der Waals surface area contributed by atoms with Crippen LogP contribution >= 0.6 is 0 Å². The molecule has 166 valence electrons. The van der Waals surface area contributed by atoms with Crippen molar-refractivity contribution >= 4 is 11.9 Å². The molecule has 0 rings (SSSR count). The SMILES string of the molecule is CCCCCCCCCCCC(=O)NCCCC[C@H](N)C(=O)OCCC(C)C. The van der Waals surface area contributed by atoms with Gasteiger partial charge in [-0.2, -0.15) is 0 Å². The van der Waals surface area contributed by atoms with Crippen molar-refractivity contribution in [1.29, 1.82) is 0 Å². The van der Waals surface area contributed by atoms with E-state index in [2.05, 4.69) is 26.1 Å². The quantitative estimate of drug-likeness (QED) is 0.234. The summed E-state index contributed by atoms with van der Waals surface area (Å²) < 4.78 is 5.17. The zero-order valence-electron chi connectivity index (χ0n) is 18.8. The van der Waals surface area contributed by atoms with E-state index in [1.165, 1.54) is 44.9 Å². The van der Waals surface area contributed by atoms with Crippen molar-refractivity contribution in [3.05, 3.63) is 0 Å². The van der Waals surface area contributed by atoms with Crippen LogP contribution in [-0.2, 0) is 14.3 Å². The summed E-state index contributed by atoms with van der Waals surface area (Å²) in [4.78, 5) is 23.6. The fourth-order valence-electron chi connectivity index (χ4n) is 3.02. The molecular weight excluding hydrogens is 352 g/mol. The molecule has 0 unspecified atom stereocenters. The summed E-state index contributed by atoms with van der Waals surface area (Å²) in [6.45, 7) is 7.53. The highest BCUT2D eigenvalue weighted by atomic mass is 16.5. The van der Waals surface area contributed by atoms with Crippen molar-refractivity contribution in [1.82, 2.24) is 5.32 Å². The van der Waals surface area contributed by atoms with Gasteiger partial charge in [-0.25, -0.2) is 0 Å². The van der Waals surface area contributed by atoms with Gasteiger partial charge in [-0.1, -0.05) is 72.1 Å². The van der Waals surface area contributed by atoms with E-state index in [9.17, 15) is 9.59 Å². The van der Waals surface area contributed by atoms with Gasteiger partial charge in [-0.3, -0.25) is 9.59 Å². The first-order valence-electron chi connectivity index (χ1n) is 11.7. The lowest BCUT2D eigenvalue weighted by Gasteiger charge is -2.12. The van der Waals surface area contributed by atoms with Gasteiger partial charge >= 0.3 is 5.97 Å². The van der Waals surface area contributed by atoms with Crippen LogP contribution in [0.25, 0.3) is 0 Å². The van der Waals surface area contributed by atoms with Crippen molar-refractivity contribution in [3.63, 3.8) is 0 Å². The number of unbranched alkanes of at least 4 members (excludes halogenated alkanes) is 9. The molecule has 0 aromatic rings. The van der Waals surface area contributed by atoms with Gasteiger partial charge in [0.15, 0.2) is 0 Å².